The SMILES string of the molecule is C=CCc1cc(-c2cc(O)ccc2CC=C)c2c(c1)[C@@]1(CC=C)C=CC(=O)C=C1O2. The molecule has 0 spiro atoms. The molecule has 0 amide bonds. The van der Waals surface area contributed by atoms with Crippen LogP contribution in [-0.4, -0.2) is 10.9 Å². The smallest absolute Gasteiger partial charge is 0.181 e. The molecule has 0 saturated carbocycles. The molecule has 2 aromatic carbocycles. The van der Waals surface area contributed by atoms with Crippen molar-refractivity contribution in [2.75, 3.05) is 0 Å². The Kier molecular flexibility index (Phi) is 5.04. The molecule has 1 heterocycles. The summed E-state index contributed by atoms with van der Waals surface area (Å²) in [6, 6.07) is 9.55. The fraction of sp³-hybridized carbons (Fsp3) is 0.148. The van der Waals surface area contributed by atoms with E-state index >= 15 is 0 Å². The standard InChI is InChI=1S/C27H24O3/c1-4-7-18-14-23(22-16-20(28)10-9-19(22)8-5-2)26-24(15-18)27(12-6-3)13-11-21(29)17-25(27)30-26/h4-6,9-11,13-17,28H,1-3,7-8,12H2/t27-/m1/s1. The Morgan fingerprint density at radius 2 is 1.80 bits per heavy atom. The first-order valence-electron chi connectivity index (χ1n) is 9.98. The number of aromatic hydroxyl groups is 1. The van der Waals surface area contributed by atoms with E-state index in [1.807, 2.05) is 30.4 Å². The number of hydrogen-bond acceptors (Lipinski definition) is 3. The fourth-order valence-corrected chi connectivity index (χ4v) is 4.34. The number of phenolic OH excluding ortho intramolecular Hbond substituents is 1. The van der Waals surface area contributed by atoms with Gasteiger partial charge in [-0.05, 0) is 60.2 Å². The number of rotatable bonds is 7. The van der Waals surface area contributed by atoms with Crippen LogP contribution in [0.1, 0.15) is 23.1 Å². The Morgan fingerprint density at radius 1 is 1.00 bits per heavy atom. The van der Waals surface area contributed by atoms with E-state index in [2.05, 4.69) is 31.9 Å². The molecule has 150 valence electrons. The fourth-order valence-electron chi connectivity index (χ4n) is 4.34. The molecule has 0 bridgehead atoms. The highest BCUT2D eigenvalue weighted by Crippen LogP contribution is 2.54. The number of benzene rings is 2. The van der Waals surface area contributed by atoms with Crippen molar-refractivity contribution in [3.05, 3.63) is 109 Å². The van der Waals surface area contributed by atoms with Crippen LogP contribution in [-0.2, 0) is 23.1 Å². The molecule has 4 rings (SSSR count). The van der Waals surface area contributed by atoms with Crippen LogP contribution in [0.15, 0.2) is 92.3 Å². The molecular weight excluding hydrogens is 372 g/mol. The van der Waals surface area contributed by atoms with Crippen molar-refractivity contribution in [2.24, 2.45) is 0 Å². The first-order valence-corrected chi connectivity index (χ1v) is 9.98. The Hall–Kier alpha value is -3.59. The van der Waals surface area contributed by atoms with Gasteiger partial charge in [-0.15, -0.1) is 19.7 Å². The lowest BCUT2D eigenvalue weighted by Crippen LogP contribution is -2.26. The van der Waals surface area contributed by atoms with Crippen molar-refractivity contribution in [1.29, 1.82) is 0 Å². The molecular formula is C27H24O3. The van der Waals surface area contributed by atoms with Crippen molar-refractivity contribution < 1.29 is 14.6 Å². The largest absolute Gasteiger partial charge is 0.508 e. The Labute approximate surface area is 177 Å². The lowest BCUT2D eigenvalue weighted by Gasteiger charge is -2.26. The van der Waals surface area contributed by atoms with Gasteiger partial charge in [0.1, 0.15) is 17.3 Å². The molecule has 3 nitrogen and oxygen atoms in total. The molecule has 1 N–H and O–H groups in total. The zero-order valence-electron chi connectivity index (χ0n) is 16.9. The highest BCUT2D eigenvalue weighted by atomic mass is 16.5. The van der Waals surface area contributed by atoms with Crippen molar-refractivity contribution in [2.45, 2.75) is 24.7 Å². The Bertz CT molecular complexity index is 1130. The minimum absolute atomic E-state index is 0.0879. The molecule has 3 heteroatoms. The summed E-state index contributed by atoms with van der Waals surface area (Å²) in [4.78, 5) is 12.1. The molecule has 0 fully saturated rings. The van der Waals surface area contributed by atoms with Crippen LogP contribution >= 0.6 is 0 Å². The molecule has 2 aliphatic rings. The summed E-state index contributed by atoms with van der Waals surface area (Å²) < 4.78 is 6.34. The lowest BCUT2D eigenvalue weighted by molar-refractivity contribution is -0.110. The van der Waals surface area contributed by atoms with Crippen molar-refractivity contribution in [3.8, 4) is 22.6 Å². The number of allylic oxidation sites excluding steroid dienone is 6. The van der Waals surface area contributed by atoms with E-state index in [0.29, 0.717) is 30.8 Å². The number of phenols is 1. The molecule has 0 aromatic heterocycles. The third-order valence-electron chi connectivity index (χ3n) is 5.68. The van der Waals surface area contributed by atoms with Gasteiger partial charge in [0.2, 0.25) is 0 Å². The number of ketones is 1. The molecule has 0 unspecified atom stereocenters. The van der Waals surface area contributed by atoms with Gasteiger partial charge in [-0.1, -0.05) is 36.4 Å². The number of carbonyl (C=O) groups excluding carboxylic acids is 1. The van der Waals surface area contributed by atoms with Crippen LogP contribution in [0.25, 0.3) is 11.1 Å². The highest BCUT2D eigenvalue weighted by molar-refractivity contribution is 6.02. The second kappa shape index (κ2) is 7.68. The van der Waals surface area contributed by atoms with Gasteiger partial charge in [0, 0.05) is 17.2 Å². The average molecular weight is 396 g/mol. The van der Waals surface area contributed by atoms with E-state index in [-0.39, 0.29) is 11.5 Å². The van der Waals surface area contributed by atoms with Gasteiger partial charge in [0.15, 0.2) is 5.78 Å². The lowest BCUT2D eigenvalue weighted by atomic mass is 9.73. The zero-order chi connectivity index (χ0) is 21.3. The van der Waals surface area contributed by atoms with Crippen LogP contribution in [0, 0.1) is 0 Å². The van der Waals surface area contributed by atoms with Gasteiger partial charge in [-0.2, -0.15) is 0 Å². The maximum atomic E-state index is 12.1. The van der Waals surface area contributed by atoms with E-state index in [1.54, 1.807) is 24.3 Å². The summed E-state index contributed by atoms with van der Waals surface area (Å²) in [5.74, 6) is 1.43. The van der Waals surface area contributed by atoms with Crippen LogP contribution in [0.5, 0.6) is 11.5 Å². The van der Waals surface area contributed by atoms with Crippen LogP contribution < -0.4 is 4.74 Å². The van der Waals surface area contributed by atoms with Gasteiger partial charge in [-0.25, -0.2) is 0 Å². The van der Waals surface area contributed by atoms with Crippen LogP contribution in [0.4, 0.5) is 0 Å². The van der Waals surface area contributed by atoms with Crippen molar-refractivity contribution >= 4 is 5.78 Å². The van der Waals surface area contributed by atoms with Gasteiger partial charge < -0.3 is 9.84 Å². The van der Waals surface area contributed by atoms with Gasteiger partial charge in [0.05, 0.1) is 5.41 Å². The topological polar surface area (TPSA) is 46.5 Å². The zero-order valence-corrected chi connectivity index (χ0v) is 16.9. The van der Waals surface area contributed by atoms with Crippen LogP contribution in [0.3, 0.4) is 0 Å². The van der Waals surface area contributed by atoms with E-state index in [1.165, 1.54) is 0 Å². The quantitative estimate of drug-likeness (QED) is 0.607. The van der Waals surface area contributed by atoms with Gasteiger partial charge in [-0.3, -0.25) is 4.79 Å². The third kappa shape index (κ3) is 3.13. The Morgan fingerprint density at radius 3 is 2.53 bits per heavy atom. The van der Waals surface area contributed by atoms with E-state index < -0.39 is 5.41 Å². The van der Waals surface area contributed by atoms with Crippen LogP contribution in [0.2, 0.25) is 0 Å². The predicted molar refractivity (Wildman–Crippen MR) is 121 cm³/mol. The summed E-state index contributed by atoms with van der Waals surface area (Å²) in [7, 11) is 0. The molecule has 30 heavy (non-hydrogen) atoms. The average Bonchev–Trinajstić information content (AvgIpc) is 3.03. The maximum Gasteiger partial charge on any atom is 0.181 e. The second-order valence-electron chi connectivity index (χ2n) is 7.66. The summed E-state index contributed by atoms with van der Waals surface area (Å²) in [6.07, 6.45) is 12.6. The number of carbonyl (C=O) groups is 1. The first kappa shape index (κ1) is 19.7. The number of ether oxygens (including phenoxy) is 1. The predicted octanol–water partition coefficient (Wildman–Crippen LogP) is 5.75. The summed E-state index contributed by atoms with van der Waals surface area (Å²) in [6.45, 7) is 11.7. The molecule has 0 radical (unpaired) electrons. The second-order valence-corrected chi connectivity index (χ2v) is 7.66. The van der Waals surface area contributed by atoms with Crippen molar-refractivity contribution in [1.82, 2.24) is 0 Å². The monoisotopic (exact) mass is 396 g/mol. The Balaban J connectivity index is 2.03. The summed E-state index contributed by atoms with van der Waals surface area (Å²) in [5.41, 5.74) is 4.35. The molecule has 1 aliphatic carbocycles. The highest BCUT2D eigenvalue weighted by Gasteiger charge is 2.46. The van der Waals surface area contributed by atoms with E-state index in [4.69, 9.17) is 4.74 Å². The molecule has 2 aromatic rings. The summed E-state index contributed by atoms with van der Waals surface area (Å²) in [5, 5.41) is 10.2. The molecule has 1 atom stereocenters. The minimum Gasteiger partial charge on any atom is -0.508 e. The van der Waals surface area contributed by atoms with Gasteiger partial charge in [0.25, 0.3) is 0 Å². The number of fused-ring (bicyclic) bond motifs is 3. The van der Waals surface area contributed by atoms with E-state index in [0.717, 1.165) is 27.8 Å². The first-order chi connectivity index (χ1) is 14.5. The maximum absolute atomic E-state index is 12.1. The number of hydrogen-bond donors (Lipinski definition) is 1. The molecule has 0 saturated heterocycles. The van der Waals surface area contributed by atoms with E-state index in [9.17, 15) is 9.90 Å². The van der Waals surface area contributed by atoms with Crippen molar-refractivity contribution in [3.63, 3.8) is 0 Å². The normalized spacial score (nSPS) is 18.8. The molecule has 1 aliphatic heterocycles. The summed E-state index contributed by atoms with van der Waals surface area (Å²) >= 11 is 0. The third-order valence-corrected chi connectivity index (χ3v) is 5.68. The minimum atomic E-state index is -0.549. The van der Waals surface area contributed by atoms with Gasteiger partial charge >= 0.3 is 0 Å².